The molecule has 0 atom stereocenters. The lowest BCUT2D eigenvalue weighted by Crippen LogP contribution is -2.17. The number of rotatable bonds is 2. The predicted molar refractivity (Wildman–Crippen MR) is 69.6 cm³/mol. The van der Waals surface area contributed by atoms with Gasteiger partial charge in [0.25, 0.3) is 11.5 Å². The van der Waals surface area contributed by atoms with Crippen LogP contribution in [0.4, 0.5) is 5.69 Å². The lowest BCUT2D eigenvalue weighted by molar-refractivity contribution is 0.102. The topological polar surface area (TPSA) is 121 Å². The quantitative estimate of drug-likeness (QED) is 0.625. The number of fused-ring (bicyclic) bond motifs is 1. The number of carbonyl (C=O) groups excluding carboxylic acids is 1. The minimum Gasteiger partial charge on any atom is -0.408 e. The van der Waals surface area contributed by atoms with Gasteiger partial charge >= 0.3 is 5.76 Å². The Balaban J connectivity index is 1.88. The number of H-pyrrole nitrogens is 2. The Morgan fingerprint density at radius 2 is 2.05 bits per heavy atom. The predicted octanol–water partition coefficient (Wildman–Crippen LogP) is 0.457. The zero-order chi connectivity index (χ0) is 14.1. The summed E-state index contributed by atoms with van der Waals surface area (Å²) in [5, 5.41) is 8.36. The van der Waals surface area contributed by atoms with E-state index in [1.165, 1.54) is 18.2 Å². The van der Waals surface area contributed by atoms with Gasteiger partial charge in [0.2, 0.25) is 0 Å². The highest BCUT2D eigenvalue weighted by Crippen LogP contribution is 2.16. The summed E-state index contributed by atoms with van der Waals surface area (Å²) < 4.78 is 4.89. The molecule has 0 spiro atoms. The standard InChI is InChI=1S/C12H8N4O4/c17-10-4-3-8(15-16-10)11(18)13-6-1-2-7-9(5-6)20-12(19)14-7/h1-5H,(H,13,18)(H,14,19)(H,16,17). The molecule has 2 heterocycles. The van der Waals surface area contributed by atoms with Crippen molar-refractivity contribution >= 4 is 22.7 Å². The van der Waals surface area contributed by atoms with Gasteiger partial charge in [-0.1, -0.05) is 0 Å². The van der Waals surface area contributed by atoms with Gasteiger partial charge < -0.3 is 9.73 Å². The van der Waals surface area contributed by atoms with Gasteiger partial charge in [0.15, 0.2) is 5.58 Å². The molecule has 1 amide bonds. The maximum Gasteiger partial charge on any atom is 0.417 e. The number of carbonyl (C=O) groups is 1. The Kier molecular flexibility index (Phi) is 2.68. The first kappa shape index (κ1) is 11.9. The fourth-order valence-corrected chi connectivity index (χ4v) is 1.69. The number of anilines is 1. The van der Waals surface area contributed by atoms with E-state index < -0.39 is 17.2 Å². The monoisotopic (exact) mass is 272 g/mol. The summed E-state index contributed by atoms with van der Waals surface area (Å²) in [5.74, 6) is -1.05. The number of aromatic nitrogens is 3. The van der Waals surface area contributed by atoms with E-state index in [4.69, 9.17) is 4.42 Å². The van der Waals surface area contributed by atoms with Crippen molar-refractivity contribution in [2.45, 2.75) is 0 Å². The molecule has 0 fully saturated rings. The molecule has 3 aromatic rings. The zero-order valence-electron chi connectivity index (χ0n) is 9.97. The van der Waals surface area contributed by atoms with Gasteiger partial charge in [0.05, 0.1) is 5.52 Å². The maximum atomic E-state index is 11.9. The van der Waals surface area contributed by atoms with Crippen LogP contribution in [0.25, 0.3) is 11.1 Å². The zero-order valence-corrected chi connectivity index (χ0v) is 9.97. The number of benzene rings is 1. The van der Waals surface area contributed by atoms with Gasteiger partial charge in [-0.15, -0.1) is 0 Å². The van der Waals surface area contributed by atoms with E-state index >= 15 is 0 Å². The van der Waals surface area contributed by atoms with Gasteiger partial charge in [0, 0.05) is 17.8 Å². The lowest BCUT2D eigenvalue weighted by atomic mass is 10.2. The van der Waals surface area contributed by atoms with Crippen LogP contribution in [0.15, 0.2) is 44.3 Å². The van der Waals surface area contributed by atoms with E-state index in [0.717, 1.165) is 0 Å². The summed E-state index contributed by atoms with van der Waals surface area (Å²) in [6, 6.07) is 7.24. The summed E-state index contributed by atoms with van der Waals surface area (Å²) in [6.07, 6.45) is 0. The smallest absolute Gasteiger partial charge is 0.408 e. The Morgan fingerprint density at radius 3 is 2.80 bits per heavy atom. The highest BCUT2D eigenvalue weighted by molar-refractivity contribution is 6.03. The number of nitrogens with zero attached hydrogens (tertiary/aromatic N) is 1. The minimum atomic E-state index is -0.564. The van der Waals surface area contributed by atoms with Crippen LogP contribution in [0, 0.1) is 0 Å². The first-order valence-corrected chi connectivity index (χ1v) is 5.62. The normalized spacial score (nSPS) is 10.6. The van der Waals surface area contributed by atoms with Gasteiger partial charge in [-0.2, -0.15) is 5.10 Å². The Morgan fingerprint density at radius 1 is 1.20 bits per heavy atom. The van der Waals surface area contributed by atoms with Crippen LogP contribution < -0.4 is 16.6 Å². The van der Waals surface area contributed by atoms with Crippen LogP contribution in [-0.4, -0.2) is 21.1 Å². The first-order valence-electron chi connectivity index (χ1n) is 5.62. The average molecular weight is 272 g/mol. The van der Waals surface area contributed by atoms with Crippen molar-refractivity contribution in [1.29, 1.82) is 0 Å². The number of hydrogen-bond donors (Lipinski definition) is 3. The minimum absolute atomic E-state index is 0.0696. The van der Waals surface area contributed by atoms with E-state index in [1.54, 1.807) is 12.1 Å². The third-order valence-corrected chi connectivity index (χ3v) is 2.59. The molecule has 0 bridgehead atoms. The number of aromatic amines is 2. The Hall–Kier alpha value is -3.16. The van der Waals surface area contributed by atoms with Crippen LogP contribution in [0.5, 0.6) is 0 Å². The third kappa shape index (κ3) is 2.21. The summed E-state index contributed by atoms with van der Waals surface area (Å²) in [5.41, 5.74) is 0.993. The van der Waals surface area contributed by atoms with Crippen LogP contribution in [0.2, 0.25) is 0 Å². The molecular formula is C12H8N4O4. The second kappa shape index (κ2) is 4.50. The van der Waals surface area contributed by atoms with E-state index in [0.29, 0.717) is 16.8 Å². The molecule has 0 aliphatic carbocycles. The van der Waals surface area contributed by atoms with Crippen molar-refractivity contribution in [2.75, 3.05) is 5.32 Å². The highest BCUT2D eigenvalue weighted by atomic mass is 16.4. The lowest BCUT2D eigenvalue weighted by Gasteiger charge is -2.03. The van der Waals surface area contributed by atoms with Gasteiger partial charge in [-0.3, -0.25) is 14.6 Å². The number of amides is 1. The van der Waals surface area contributed by atoms with E-state index in [-0.39, 0.29) is 5.69 Å². The molecule has 3 N–H and O–H groups in total. The van der Waals surface area contributed by atoms with Crippen LogP contribution in [0.1, 0.15) is 10.5 Å². The number of nitrogens with one attached hydrogen (secondary N) is 3. The summed E-state index contributed by atoms with van der Waals surface area (Å²) in [6.45, 7) is 0. The Bertz CT molecular complexity index is 885. The molecule has 0 aliphatic rings. The van der Waals surface area contributed by atoms with Crippen LogP contribution >= 0.6 is 0 Å². The van der Waals surface area contributed by atoms with Crippen molar-refractivity contribution in [3.05, 3.63) is 56.9 Å². The van der Waals surface area contributed by atoms with Crippen LogP contribution in [0.3, 0.4) is 0 Å². The van der Waals surface area contributed by atoms with E-state index in [1.807, 2.05) is 0 Å². The summed E-state index contributed by atoms with van der Waals surface area (Å²) >= 11 is 0. The molecule has 1 aromatic carbocycles. The molecular weight excluding hydrogens is 264 g/mol. The largest absolute Gasteiger partial charge is 0.417 e. The highest BCUT2D eigenvalue weighted by Gasteiger charge is 2.09. The molecule has 20 heavy (non-hydrogen) atoms. The molecule has 0 unspecified atom stereocenters. The Labute approximate surface area is 110 Å². The van der Waals surface area contributed by atoms with Gasteiger partial charge in [-0.05, 0) is 18.2 Å². The number of oxazole rings is 1. The van der Waals surface area contributed by atoms with E-state index in [9.17, 15) is 14.4 Å². The SMILES string of the molecule is O=C(Nc1ccc2[nH]c(=O)oc2c1)c1ccc(=O)[nH]n1. The van der Waals surface area contributed by atoms with Gasteiger partial charge in [0.1, 0.15) is 5.69 Å². The molecule has 2 aromatic heterocycles. The summed E-state index contributed by atoms with van der Waals surface area (Å²) in [7, 11) is 0. The second-order valence-corrected chi connectivity index (χ2v) is 3.99. The molecule has 8 nitrogen and oxygen atoms in total. The van der Waals surface area contributed by atoms with Crippen molar-refractivity contribution in [1.82, 2.24) is 15.2 Å². The molecule has 0 aliphatic heterocycles. The van der Waals surface area contributed by atoms with Gasteiger partial charge in [-0.25, -0.2) is 9.89 Å². The van der Waals surface area contributed by atoms with Crippen molar-refractivity contribution in [2.24, 2.45) is 0 Å². The average Bonchev–Trinajstić information content (AvgIpc) is 2.78. The molecule has 3 rings (SSSR count). The molecule has 0 radical (unpaired) electrons. The van der Waals surface area contributed by atoms with Crippen molar-refractivity contribution in [3.63, 3.8) is 0 Å². The van der Waals surface area contributed by atoms with E-state index in [2.05, 4.69) is 20.5 Å². The molecule has 8 heteroatoms. The fourth-order valence-electron chi connectivity index (χ4n) is 1.69. The molecule has 0 saturated heterocycles. The fraction of sp³-hybridized carbons (Fsp3) is 0. The number of hydrogen-bond acceptors (Lipinski definition) is 5. The van der Waals surface area contributed by atoms with Crippen molar-refractivity contribution < 1.29 is 9.21 Å². The molecule has 0 saturated carbocycles. The maximum absolute atomic E-state index is 11.9. The second-order valence-electron chi connectivity index (χ2n) is 3.99. The third-order valence-electron chi connectivity index (χ3n) is 2.59. The first-order chi connectivity index (χ1) is 9.61. The molecule has 100 valence electrons. The van der Waals surface area contributed by atoms with Crippen LogP contribution in [-0.2, 0) is 0 Å². The van der Waals surface area contributed by atoms with Crippen molar-refractivity contribution in [3.8, 4) is 0 Å². The summed E-state index contributed by atoms with van der Waals surface area (Å²) in [4.78, 5) is 36.2.